The molecule has 0 bridgehead atoms. The first-order chi connectivity index (χ1) is 10.1. The smallest absolute Gasteiger partial charge is 0.265 e. The number of rotatable bonds is 4. The van der Waals surface area contributed by atoms with Crippen molar-refractivity contribution in [1.82, 2.24) is 0 Å². The molecule has 0 radical (unpaired) electrons. The molecule has 2 rings (SSSR count). The van der Waals surface area contributed by atoms with Crippen LogP contribution < -0.4 is 10.1 Å². The minimum atomic E-state index is -0.609. The zero-order valence-corrected chi connectivity index (χ0v) is 12.0. The van der Waals surface area contributed by atoms with Crippen LogP contribution in [0.5, 0.6) is 5.75 Å². The second-order valence-electron chi connectivity index (χ2n) is 4.75. The molecule has 0 saturated carbocycles. The molecule has 0 aliphatic heterocycles. The summed E-state index contributed by atoms with van der Waals surface area (Å²) < 4.78 is 5.61. The van der Waals surface area contributed by atoms with Crippen molar-refractivity contribution in [2.24, 2.45) is 0 Å². The van der Waals surface area contributed by atoms with Gasteiger partial charge in [-0.3, -0.25) is 4.79 Å². The van der Waals surface area contributed by atoms with Gasteiger partial charge in [0.1, 0.15) is 5.75 Å². The molecular formula is C17H16N2O2. The molecule has 21 heavy (non-hydrogen) atoms. The average Bonchev–Trinajstić information content (AvgIpc) is 2.48. The van der Waals surface area contributed by atoms with E-state index in [1.807, 2.05) is 37.3 Å². The molecule has 0 aliphatic rings. The van der Waals surface area contributed by atoms with Crippen molar-refractivity contribution in [1.29, 1.82) is 5.26 Å². The SMILES string of the molecule is Cc1cccc(O[C@@H](C)C(=O)Nc2ccc(C#N)cc2)c1. The number of carbonyl (C=O) groups is 1. The van der Waals surface area contributed by atoms with Gasteiger partial charge < -0.3 is 10.1 Å². The van der Waals surface area contributed by atoms with Crippen molar-refractivity contribution < 1.29 is 9.53 Å². The van der Waals surface area contributed by atoms with Gasteiger partial charge >= 0.3 is 0 Å². The predicted molar refractivity (Wildman–Crippen MR) is 81.1 cm³/mol. The molecule has 0 aromatic heterocycles. The highest BCUT2D eigenvalue weighted by atomic mass is 16.5. The summed E-state index contributed by atoms with van der Waals surface area (Å²) in [5.74, 6) is 0.429. The van der Waals surface area contributed by atoms with E-state index in [0.717, 1.165) is 5.56 Å². The largest absolute Gasteiger partial charge is 0.481 e. The van der Waals surface area contributed by atoms with E-state index in [2.05, 4.69) is 5.32 Å². The van der Waals surface area contributed by atoms with Crippen molar-refractivity contribution in [2.45, 2.75) is 20.0 Å². The third-order valence-corrected chi connectivity index (χ3v) is 2.95. The number of carbonyl (C=O) groups excluding carboxylic acids is 1. The number of hydrogen-bond donors (Lipinski definition) is 1. The molecular weight excluding hydrogens is 264 g/mol. The maximum absolute atomic E-state index is 12.1. The number of amides is 1. The van der Waals surface area contributed by atoms with Crippen LogP contribution in [0.2, 0.25) is 0 Å². The minimum absolute atomic E-state index is 0.235. The number of nitrogens with zero attached hydrogens (tertiary/aromatic N) is 1. The van der Waals surface area contributed by atoms with E-state index in [1.165, 1.54) is 0 Å². The molecule has 0 fully saturated rings. The van der Waals surface area contributed by atoms with Gasteiger partial charge in [-0.05, 0) is 55.8 Å². The van der Waals surface area contributed by atoms with Crippen LogP contribution in [0.4, 0.5) is 5.69 Å². The monoisotopic (exact) mass is 280 g/mol. The van der Waals surface area contributed by atoms with Gasteiger partial charge in [0.25, 0.3) is 5.91 Å². The van der Waals surface area contributed by atoms with Gasteiger partial charge in [0.15, 0.2) is 6.10 Å². The fourth-order valence-electron chi connectivity index (χ4n) is 1.82. The third-order valence-electron chi connectivity index (χ3n) is 2.95. The van der Waals surface area contributed by atoms with Crippen LogP contribution >= 0.6 is 0 Å². The highest BCUT2D eigenvalue weighted by molar-refractivity contribution is 5.94. The van der Waals surface area contributed by atoms with Gasteiger partial charge in [-0.25, -0.2) is 0 Å². The molecule has 0 heterocycles. The van der Waals surface area contributed by atoms with Crippen LogP contribution in [0.3, 0.4) is 0 Å². The summed E-state index contributed by atoms with van der Waals surface area (Å²) in [6.07, 6.45) is -0.609. The van der Waals surface area contributed by atoms with Gasteiger partial charge in [0.2, 0.25) is 0 Å². The van der Waals surface area contributed by atoms with Gasteiger partial charge in [-0.1, -0.05) is 12.1 Å². The first-order valence-electron chi connectivity index (χ1n) is 6.63. The highest BCUT2D eigenvalue weighted by Crippen LogP contribution is 2.15. The topological polar surface area (TPSA) is 62.1 Å². The van der Waals surface area contributed by atoms with Crippen LogP contribution in [-0.2, 0) is 4.79 Å². The van der Waals surface area contributed by atoms with E-state index in [4.69, 9.17) is 10.00 Å². The van der Waals surface area contributed by atoms with Gasteiger partial charge in [0, 0.05) is 5.69 Å². The molecule has 0 spiro atoms. The van der Waals surface area contributed by atoms with Crippen LogP contribution in [0, 0.1) is 18.3 Å². The lowest BCUT2D eigenvalue weighted by Crippen LogP contribution is -2.30. The van der Waals surface area contributed by atoms with E-state index >= 15 is 0 Å². The van der Waals surface area contributed by atoms with Crippen molar-refractivity contribution in [2.75, 3.05) is 5.32 Å². The average molecular weight is 280 g/mol. The van der Waals surface area contributed by atoms with E-state index in [0.29, 0.717) is 17.0 Å². The molecule has 4 heteroatoms. The minimum Gasteiger partial charge on any atom is -0.481 e. The summed E-state index contributed by atoms with van der Waals surface area (Å²) >= 11 is 0. The third kappa shape index (κ3) is 4.08. The molecule has 0 saturated heterocycles. The summed E-state index contributed by atoms with van der Waals surface area (Å²) in [4.78, 5) is 12.1. The number of benzene rings is 2. The summed E-state index contributed by atoms with van der Waals surface area (Å²) in [5.41, 5.74) is 2.27. The Bertz CT molecular complexity index is 672. The van der Waals surface area contributed by atoms with E-state index in [1.54, 1.807) is 31.2 Å². The van der Waals surface area contributed by atoms with Crippen molar-refractivity contribution in [3.05, 3.63) is 59.7 Å². The lowest BCUT2D eigenvalue weighted by atomic mass is 10.2. The molecule has 2 aromatic rings. The summed E-state index contributed by atoms with van der Waals surface area (Å²) in [5, 5.41) is 11.5. The highest BCUT2D eigenvalue weighted by Gasteiger charge is 2.14. The van der Waals surface area contributed by atoms with Crippen molar-refractivity contribution in [3.63, 3.8) is 0 Å². The quantitative estimate of drug-likeness (QED) is 0.935. The zero-order valence-electron chi connectivity index (χ0n) is 12.0. The Morgan fingerprint density at radius 1 is 1.24 bits per heavy atom. The van der Waals surface area contributed by atoms with E-state index < -0.39 is 6.10 Å². The molecule has 1 atom stereocenters. The van der Waals surface area contributed by atoms with Gasteiger partial charge in [0.05, 0.1) is 11.6 Å². The van der Waals surface area contributed by atoms with E-state index in [9.17, 15) is 4.79 Å². The summed E-state index contributed by atoms with van der Waals surface area (Å²) in [6, 6.07) is 16.3. The van der Waals surface area contributed by atoms with Crippen molar-refractivity contribution >= 4 is 11.6 Å². The van der Waals surface area contributed by atoms with Crippen molar-refractivity contribution in [3.8, 4) is 11.8 Å². The van der Waals surface area contributed by atoms with Crippen LogP contribution in [0.1, 0.15) is 18.1 Å². The normalized spacial score (nSPS) is 11.3. The maximum atomic E-state index is 12.1. The Balaban J connectivity index is 1.97. The number of anilines is 1. The lowest BCUT2D eigenvalue weighted by Gasteiger charge is -2.15. The summed E-state index contributed by atoms with van der Waals surface area (Å²) in [7, 11) is 0. The number of aryl methyl sites for hydroxylation is 1. The first kappa shape index (κ1) is 14.6. The predicted octanol–water partition coefficient (Wildman–Crippen LogP) is 3.27. The first-order valence-corrected chi connectivity index (χ1v) is 6.63. The molecule has 0 unspecified atom stereocenters. The molecule has 1 amide bonds. The molecule has 2 aromatic carbocycles. The van der Waals surface area contributed by atoms with Gasteiger partial charge in [-0.15, -0.1) is 0 Å². The molecule has 0 aliphatic carbocycles. The van der Waals surface area contributed by atoms with Crippen LogP contribution in [0.25, 0.3) is 0 Å². The van der Waals surface area contributed by atoms with Gasteiger partial charge in [-0.2, -0.15) is 5.26 Å². The molecule has 1 N–H and O–H groups in total. The Kier molecular flexibility index (Phi) is 4.57. The number of hydrogen-bond acceptors (Lipinski definition) is 3. The van der Waals surface area contributed by atoms with Crippen LogP contribution in [0.15, 0.2) is 48.5 Å². The zero-order chi connectivity index (χ0) is 15.2. The van der Waals surface area contributed by atoms with E-state index in [-0.39, 0.29) is 5.91 Å². The maximum Gasteiger partial charge on any atom is 0.265 e. The fourth-order valence-corrected chi connectivity index (χ4v) is 1.82. The summed E-state index contributed by atoms with van der Waals surface area (Å²) in [6.45, 7) is 3.66. The molecule has 4 nitrogen and oxygen atoms in total. The number of ether oxygens (including phenoxy) is 1. The standard InChI is InChI=1S/C17H16N2O2/c1-12-4-3-5-16(10-12)21-13(2)17(20)19-15-8-6-14(11-18)7-9-15/h3-10,13H,1-2H3,(H,19,20)/t13-/m0/s1. The second-order valence-corrected chi connectivity index (χ2v) is 4.75. The molecule has 106 valence electrons. The number of nitrogens with one attached hydrogen (secondary N) is 1. The van der Waals surface area contributed by atoms with Crippen LogP contribution in [-0.4, -0.2) is 12.0 Å². The Morgan fingerprint density at radius 2 is 1.95 bits per heavy atom. The fraction of sp³-hybridized carbons (Fsp3) is 0.176. The Labute approximate surface area is 124 Å². The Hall–Kier alpha value is -2.80. The lowest BCUT2D eigenvalue weighted by molar-refractivity contribution is -0.122. The Morgan fingerprint density at radius 3 is 2.57 bits per heavy atom. The number of nitriles is 1. The second kappa shape index (κ2) is 6.58.